The summed E-state index contributed by atoms with van der Waals surface area (Å²) in [5, 5.41) is 8.82. The zero-order chi connectivity index (χ0) is 11.7. The number of carbonyl (C=O) groups is 3. The van der Waals surface area contributed by atoms with Crippen LogP contribution in [0.25, 0.3) is 0 Å². The van der Waals surface area contributed by atoms with E-state index in [0.717, 1.165) is 4.90 Å². The number of nitrogens with zero attached hydrogens (tertiary/aromatic N) is 1. The van der Waals surface area contributed by atoms with Crippen LogP contribution >= 0.6 is 0 Å². The molecule has 2 rings (SSSR count). The topological polar surface area (TPSA) is 83.9 Å². The minimum absolute atomic E-state index is 0.182. The fourth-order valence-electron chi connectivity index (χ4n) is 2.30. The van der Waals surface area contributed by atoms with Crippen molar-refractivity contribution < 1.29 is 24.2 Å². The van der Waals surface area contributed by atoms with E-state index in [4.69, 9.17) is 5.11 Å². The van der Waals surface area contributed by atoms with Gasteiger partial charge in [-0.05, 0) is 25.7 Å². The standard InChI is InChI=1S/C10H13NO5/c12-8-5-16-10(15)11(8)7-3-1-6(2-4-7)9(13)14/h6-7H,1-5H2,(H,13,14). The molecular formula is C10H13NO5. The van der Waals surface area contributed by atoms with Gasteiger partial charge >= 0.3 is 12.1 Å². The third-order valence-electron chi connectivity index (χ3n) is 3.20. The molecule has 1 aliphatic carbocycles. The molecule has 0 bridgehead atoms. The number of carboxylic acids is 1. The first-order chi connectivity index (χ1) is 7.59. The van der Waals surface area contributed by atoms with Gasteiger partial charge in [-0.2, -0.15) is 0 Å². The first kappa shape index (κ1) is 10.9. The molecule has 6 heteroatoms. The molecule has 2 fully saturated rings. The first-order valence-electron chi connectivity index (χ1n) is 5.31. The molecule has 1 N–H and O–H groups in total. The maximum atomic E-state index is 11.4. The van der Waals surface area contributed by atoms with E-state index >= 15 is 0 Å². The number of rotatable bonds is 2. The summed E-state index contributed by atoms with van der Waals surface area (Å²) in [6.07, 6.45) is 1.53. The van der Waals surface area contributed by atoms with E-state index in [9.17, 15) is 14.4 Å². The predicted octanol–water partition coefficient (Wildman–Crippen LogP) is 0.609. The lowest BCUT2D eigenvalue weighted by Gasteiger charge is -2.30. The number of ether oxygens (including phenoxy) is 1. The molecule has 1 heterocycles. The summed E-state index contributed by atoms with van der Waals surface area (Å²) in [4.78, 5) is 34.5. The van der Waals surface area contributed by atoms with Gasteiger partial charge < -0.3 is 9.84 Å². The van der Waals surface area contributed by atoms with Crippen molar-refractivity contribution in [3.8, 4) is 0 Å². The van der Waals surface area contributed by atoms with E-state index in [0.29, 0.717) is 25.7 Å². The molecule has 2 amide bonds. The molecule has 0 spiro atoms. The Hall–Kier alpha value is -1.59. The first-order valence-corrected chi connectivity index (χ1v) is 5.31. The molecule has 1 saturated heterocycles. The van der Waals surface area contributed by atoms with Crippen molar-refractivity contribution in [2.45, 2.75) is 31.7 Å². The third kappa shape index (κ3) is 1.87. The van der Waals surface area contributed by atoms with Crippen LogP contribution in [0.3, 0.4) is 0 Å². The fourth-order valence-corrected chi connectivity index (χ4v) is 2.30. The Balaban J connectivity index is 1.96. The normalized spacial score (nSPS) is 30.4. The Kier molecular flexibility index (Phi) is 2.80. The molecule has 0 radical (unpaired) electrons. The van der Waals surface area contributed by atoms with Crippen LogP contribution in [0.15, 0.2) is 0 Å². The Morgan fingerprint density at radius 2 is 1.88 bits per heavy atom. The molecular weight excluding hydrogens is 214 g/mol. The molecule has 1 aliphatic heterocycles. The van der Waals surface area contributed by atoms with E-state index < -0.39 is 12.1 Å². The average Bonchev–Trinajstić information content (AvgIpc) is 2.59. The lowest BCUT2D eigenvalue weighted by molar-refractivity contribution is -0.143. The number of cyclic esters (lactones) is 1. The van der Waals surface area contributed by atoms with Crippen molar-refractivity contribution in [1.29, 1.82) is 0 Å². The summed E-state index contributed by atoms with van der Waals surface area (Å²) < 4.78 is 4.63. The van der Waals surface area contributed by atoms with Crippen LogP contribution in [0.2, 0.25) is 0 Å². The monoisotopic (exact) mass is 227 g/mol. The molecule has 0 aromatic heterocycles. The maximum absolute atomic E-state index is 11.4. The lowest BCUT2D eigenvalue weighted by Crippen LogP contribution is -2.42. The van der Waals surface area contributed by atoms with Gasteiger partial charge in [-0.15, -0.1) is 0 Å². The molecule has 0 atom stereocenters. The number of carboxylic acid groups (broad SMARTS) is 1. The summed E-state index contributed by atoms with van der Waals surface area (Å²) >= 11 is 0. The second-order valence-electron chi connectivity index (χ2n) is 4.16. The van der Waals surface area contributed by atoms with E-state index in [-0.39, 0.29) is 24.5 Å². The van der Waals surface area contributed by atoms with E-state index in [1.807, 2.05) is 0 Å². The van der Waals surface area contributed by atoms with Crippen LogP contribution in [-0.2, 0) is 14.3 Å². The van der Waals surface area contributed by atoms with E-state index in [2.05, 4.69) is 4.74 Å². The smallest absolute Gasteiger partial charge is 0.417 e. The maximum Gasteiger partial charge on any atom is 0.417 e. The summed E-state index contributed by atoms with van der Waals surface area (Å²) in [6.45, 7) is -0.183. The highest BCUT2D eigenvalue weighted by Gasteiger charge is 2.39. The Morgan fingerprint density at radius 1 is 1.25 bits per heavy atom. The van der Waals surface area contributed by atoms with Crippen LogP contribution in [0, 0.1) is 5.92 Å². The summed E-state index contributed by atoms with van der Waals surface area (Å²) in [5.41, 5.74) is 0. The van der Waals surface area contributed by atoms with Gasteiger partial charge in [-0.25, -0.2) is 9.69 Å². The van der Waals surface area contributed by atoms with Crippen LogP contribution in [0.4, 0.5) is 4.79 Å². The van der Waals surface area contributed by atoms with Gasteiger partial charge in [-0.1, -0.05) is 0 Å². The van der Waals surface area contributed by atoms with Gasteiger partial charge in [0.1, 0.15) is 0 Å². The molecule has 88 valence electrons. The van der Waals surface area contributed by atoms with Crippen LogP contribution in [0.1, 0.15) is 25.7 Å². The summed E-state index contributed by atoms with van der Waals surface area (Å²) in [5.74, 6) is -1.46. The van der Waals surface area contributed by atoms with Crippen molar-refractivity contribution in [2.75, 3.05) is 6.61 Å². The number of aliphatic carboxylic acids is 1. The summed E-state index contributed by atoms with van der Waals surface area (Å²) in [7, 11) is 0. The van der Waals surface area contributed by atoms with Crippen molar-refractivity contribution in [3.05, 3.63) is 0 Å². The quantitative estimate of drug-likeness (QED) is 0.747. The lowest BCUT2D eigenvalue weighted by atomic mass is 9.85. The average molecular weight is 227 g/mol. The van der Waals surface area contributed by atoms with Gasteiger partial charge in [-0.3, -0.25) is 9.59 Å². The van der Waals surface area contributed by atoms with E-state index in [1.54, 1.807) is 0 Å². The highest BCUT2D eigenvalue weighted by Crippen LogP contribution is 2.29. The number of carbonyl (C=O) groups excluding carboxylic acids is 2. The molecule has 16 heavy (non-hydrogen) atoms. The van der Waals surface area contributed by atoms with Gasteiger partial charge in [0.05, 0.1) is 5.92 Å². The largest absolute Gasteiger partial charge is 0.481 e. The third-order valence-corrected chi connectivity index (χ3v) is 3.20. The SMILES string of the molecule is O=C(O)C1CCC(N2C(=O)COC2=O)CC1. The zero-order valence-electron chi connectivity index (χ0n) is 8.72. The second-order valence-corrected chi connectivity index (χ2v) is 4.16. The van der Waals surface area contributed by atoms with Crippen LogP contribution in [-0.4, -0.2) is 40.6 Å². The summed E-state index contributed by atoms with van der Waals surface area (Å²) in [6, 6.07) is -0.182. The Morgan fingerprint density at radius 3 is 2.31 bits per heavy atom. The molecule has 0 aromatic carbocycles. The number of imide groups is 1. The highest BCUT2D eigenvalue weighted by molar-refractivity contribution is 5.98. The van der Waals surface area contributed by atoms with Gasteiger partial charge in [0.2, 0.25) is 0 Å². The molecule has 0 unspecified atom stereocenters. The Labute approximate surface area is 92.2 Å². The fraction of sp³-hybridized carbons (Fsp3) is 0.700. The van der Waals surface area contributed by atoms with Crippen molar-refractivity contribution in [2.24, 2.45) is 5.92 Å². The predicted molar refractivity (Wildman–Crippen MR) is 51.6 cm³/mol. The van der Waals surface area contributed by atoms with E-state index in [1.165, 1.54) is 0 Å². The van der Waals surface area contributed by atoms with Crippen LogP contribution < -0.4 is 0 Å². The van der Waals surface area contributed by atoms with Gasteiger partial charge in [0.15, 0.2) is 6.61 Å². The number of amides is 2. The molecule has 1 saturated carbocycles. The minimum atomic E-state index is -0.797. The Bertz CT molecular complexity index is 316. The molecule has 6 nitrogen and oxygen atoms in total. The van der Waals surface area contributed by atoms with Crippen molar-refractivity contribution in [3.63, 3.8) is 0 Å². The second kappa shape index (κ2) is 4.11. The molecule has 2 aliphatic rings. The van der Waals surface area contributed by atoms with Crippen molar-refractivity contribution >= 4 is 18.0 Å². The van der Waals surface area contributed by atoms with Gasteiger partial charge in [0, 0.05) is 6.04 Å². The molecule has 0 aromatic rings. The minimum Gasteiger partial charge on any atom is -0.481 e. The van der Waals surface area contributed by atoms with Crippen LogP contribution in [0.5, 0.6) is 0 Å². The van der Waals surface area contributed by atoms with Crippen molar-refractivity contribution in [1.82, 2.24) is 4.90 Å². The number of hydrogen-bond acceptors (Lipinski definition) is 4. The van der Waals surface area contributed by atoms with Gasteiger partial charge in [0.25, 0.3) is 5.91 Å². The number of hydrogen-bond donors (Lipinski definition) is 1. The highest BCUT2D eigenvalue weighted by atomic mass is 16.6. The zero-order valence-corrected chi connectivity index (χ0v) is 8.72.